The molecule has 0 aliphatic heterocycles. The summed E-state index contributed by atoms with van der Waals surface area (Å²) in [5.41, 5.74) is 0. The largest absolute Gasteiger partial charge is 0.484 e. The Kier molecular flexibility index (Phi) is 4.96. The summed E-state index contributed by atoms with van der Waals surface area (Å²) in [5, 5.41) is 2.47. The van der Waals surface area contributed by atoms with Crippen LogP contribution in [0, 0.1) is 0 Å². The standard InChI is InChI=1S/C11H15NO4S/c1-17(14,15)8-7-12-11(13)9-16-10-5-3-2-4-6-10/h2-6H,7-9H2,1H3,(H,12,13). The van der Waals surface area contributed by atoms with E-state index in [-0.39, 0.29) is 24.8 Å². The van der Waals surface area contributed by atoms with Crippen molar-refractivity contribution in [3.8, 4) is 5.75 Å². The quantitative estimate of drug-likeness (QED) is 0.791. The Morgan fingerprint density at radius 1 is 1.29 bits per heavy atom. The molecule has 0 spiro atoms. The summed E-state index contributed by atoms with van der Waals surface area (Å²) in [6.07, 6.45) is 1.12. The average molecular weight is 257 g/mol. The Labute approximate surface area is 101 Å². The van der Waals surface area contributed by atoms with E-state index in [4.69, 9.17) is 4.74 Å². The van der Waals surface area contributed by atoms with Gasteiger partial charge in [0.05, 0.1) is 5.75 Å². The van der Waals surface area contributed by atoms with Crippen LogP contribution in [-0.4, -0.2) is 39.5 Å². The summed E-state index contributed by atoms with van der Waals surface area (Å²) < 4.78 is 26.8. The summed E-state index contributed by atoms with van der Waals surface area (Å²) in [6, 6.07) is 8.93. The number of nitrogens with one attached hydrogen (secondary N) is 1. The zero-order valence-electron chi connectivity index (χ0n) is 9.55. The maximum Gasteiger partial charge on any atom is 0.257 e. The first-order chi connectivity index (χ1) is 7.97. The van der Waals surface area contributed by atoms with E-state index in [1.165, 1.54) is 0 Å². The number of benzene rings is 1. The SMILES string of the molecule is CS(=O)(=O)CCNC(=O)COc1ccccc1. The van der Waals surface area contributed by atoms with Crippen molar-refractivity contribution >= 4 is 15.7 Å². The third-order valence-corrected chi connectivity index (χ3v) is 2.85. The van der Waals surface area contributed by atoms with Gasteiger partial charge in [-0.05, 0) is 12.1 Å². The van der Waals surface area contributed by atoms with Gasteiger partial charge in [0.2, 0.25) is 0 Å². The Bertz CT molecular complexity index is 456. The number of para-hydroxylation sites is 1. The number of carbonyl (C=O) groups is 1. The molecule has 0 saturated carbocycles. The molecule has 17 heavy (non-hydrogen) atoms. The maximum atomic E-state index is 11.3. The van der Waals surface area contributed by atoms with Crippen LogP contribution in [0.5, 0.6) is 5.75 Å². The summed E-state index contributed by atoms with van der Waals surface area (Å²) in [4.78, 5) is 11.3. The second-order valence-electron chi connectivity index (χ2n) is 3.58. The van der Waals surface area contributed by atoms with Gasteiger partial charge in [0.15, 0.2) is 6.61 Å². The summed E-state index contributed by atoms with van der Waals surface area (Å²) >= 11 is 0. The Morgan fingerprint density at radius 2 is 1.94 bits per heavy atom. The Hall–Kier alpha value is -1.56. The molecule has 1 aromatic carbocycles. The smallest absolute Gasteiger partial charge is 0.257 e. The second-order valence-corrected chi connectivity index (χ2v) is 5.84. The highest BCUT2D eigenvalue weighted by Gasteiger charge is 2.05. The molecule has 0 aliphatic rings. The van der Waals surface area contributed by atoms with Crippen LogP contribution >= 0.6 is 0 Å². The lowest BCUT2D eigenvalue weighted by molar-refractivity contribution is -0.122. The Morgan fingerprint density at radius 3 is 2.53 bits per heavy atom. The molecular formula is C11H15NO4S. The fourth-order valence-electron chi connectivity index (χ4n) is 1.09. The third-order valence-electron chi connectivity index (χ3n) is 1.91. The van der Waals surface area contributed by atoms with Gasteiger partial charge >= 0.3 is 0 Å². The molecule has 0 radical (unpaired) electrons. The van der Waals surface area contributed by atoms with Gasteiger partial charge in [-0.25, -0.2) is 8.42 Å². The Balaban J connectivity index is 2.22. The van der Waals surface area contributed by atoms with E-state index < -0.39 is 9.84 Å². The number of sulfone groups is 1. The van der Waals surface area contributed by atoms with E-state index in [0.717, 1.165) is 6.26 Å². The van der Waals surface area contributed by atoms with E-state index in [2.05, 4.69) is 5.32 Å². The van der Waals surface area contributed by atoms with Gasteiger partial charge in [0.1, 0.15) is 15.6 Å². The zero-order chi connectivity index (χ0) is 12.7. The molecular weight excluding hydrogens is 242 g/mol. The van der Waals surface area contributed by atoms with Gasteiger partial charge in [-0.2, -0.15) is 0 Å². The highest BCUT2D eigenvalue weighted by atomic mass is 32.2. The number of carbonyl (C=O) groups excluding carboxylic acids is 1. The minimum absolute atomic E-state index is 0.0654. The number of hydrogen-bond donors (Lipinski definition) is 1. The van der Waals surface area contributed by atoms with Gasteiger partial charge in [0, 0.05) is 12.8 Å². The molecule has 94 valence electrons. The molecule has 0 heterocycles. The van der Waals surface area contributed by atoms with Crippen molar-refractivity contribution in [3.63, 3.8) is 0 Å². The molecule has 6 heteroatoms. The second kappa shape index (κ2) is 6.24. The summed E-state index contributed by atoms with van der Waals surface area (Å²) in [6.45, 7) is -0.0103. The molecule has 0 aliphatic carbocycles. The average Bonchev–Trinajstić information content (AvgIpc) is 2.26. The topological polar surface area (TPSA) is 72.5 Å². The minimum Gasteiger partial charge on any atom is -0.484 e. The van der Waals surface area contributed by atoms with Crippen molar-refractivity contribution in [1.29, 1.82) is 0 Å². The molecule has 0 unspecified atom stereocenters. The van der Waals surface area contributed by atoms with Crippen molar-refractivity contribution in [2.45, 2.75) is 0 Å². The lowest BCUT2D eigenvalue weighted by Crippen LogP contribution is -2.32. The summed E-state index contributed by atoms with van der Waals surface area (Å²) in [5.74, 6) is 0.202. The first-order valence-corrected chi connectivity index (χ1v) is 7.16. The first kappa shape index (κ1) is 13.5. The van der Waals surface area contributed by atoms with Crippen molar-refractivity contribution in [3.05, 3.63) is 30.3 Å². The van der Waals surface area contributed by atoms with E-state index >= 15 is 0 Å². The fraction of sp³-hybridized carbons (Fsp3) is 0.364. The van der Waals surface area contributed by atoms with Crippen molar-refractivity contribution in [2.24, 2.45) is 0 Å². The van der Waals surface area contributed by atoms with Crippen LogP contribution in [0.3, 0.4) is 0 Å². The molecule has 0 saturated heterocycles. The van der Waals surface area contributed by atoms with Gasteiger partial charge in [0.25, 0.3) is 5.91 Å². The van der Waals surface area contributed by atoms with Crippen LogP contribution in [0.4, 0.5) is 0 Å². The molecule has 1 rings (SSSR count). The van der Waals surface area contributed by atoms with Gasteiger partial charge in [-0.1, -0.05) is 18.2 Å². The van der Waals surface area contributed by atoms with Crippen molar-refractivity contribution in [1.82, 2.24) is 5.32 Å². The van der Waals surface area contributed by atoms with Gasteiger partial charge in [-0.3, -0.25) is 4.79 Å². The number of rotatable bonds is 6. The first-order valence-electron chi connectivity index (χ1n) is 5.09. The van der Waals surface area contributed by atoms with Crippen LogP contribution < -0.4 is 10.1 Å². The maximum absolute atomic E-state index is 11.3. The molecule has 0 fully saturated rings. The van der Waals surface area contributed by atoms with E-state index in [9.17, 15) is 13.2 Å². The third kappa shape index (κ3) is 6.57. The number of amides is 1. The predicted molar refractivity (Wildman–Crippen MR) is 64.7 cm³/mol. The van der Waals surface area contributed by atoms with E-state index in [0.29, 0.717) is 5.75 Å². The lowest BCUT2D eigenvalue weighted by atomic mass is 10.3. The molecule has 5 nitrogen and oxygen atoms in total. The fourth-order valence-corrected chi connectivity index (χ4v) is 1.57. The molecule has 0 aromatic heterocycles. The number of hydrogen-bond acceptors (Lipinski definition) is 4. The lowest BCUT2D eigenvalue weighted by Gasteiger charge is -2.06. The van der Waals surface area contributed by atoms with Crippen LogP contribution in [0.15, 0.2) is 30.3 Å². The predicted octanol–water partition coefficient (Wildman–Crippen LogP) is 0.226. The van der Waals surface area contributed by atoms with Crippen molar-refractivity contribution in [2.75, 3.05) is 25.2 Å². The zero-order valence-corrected chi connectivity index (χ0v) is 10.4. The molecule has 1 amide bonds. The normalized spacial score (nSPS) is 10.9. The van der Waals surface area contributed by atoms with Crippen LogP contribution in [0.2, 0.25) is 0 Å². The molecule has 0 atom stereocenters. The minimum atomic E-state index is -3.04. The number of ether oxygens (including phenoxy) is 1. The van der Waals surface area contributed by atoms with E-state index in [1.54, 1.807) is 24.3 Å². The van der Waals surface area contributed by atoms with Crippen molar-refractivity contribution < 1.29 is 17.9 Å². The molecule has 0 bridgehead atoms. The van der Waals surface area contributed by atoms with Crippen LogP contribution in [0.25, 0.3) is 0 Å². The highest BCUT2D eigenvalue weighted by molar-refractivity contribution is 7.90. The van der Waals surface area contributed by atoms with Gasteiger partial charge in [-0.15, -0.1) is 0 Å². The van der Waals surface area contributed by atoms with E-state index in [1.807, 2.05) is 6.07 Å². The summed E-state index contributed by atoms with van der Waals surface area (Å²) in [7, 11) is -3.04. The monoisotopic (exact) mass is 257 g/mol. The molecule has 1 aromatic rings. The van der Waals surface area contributed by atoms with Crippen LogP contribution in [0.1, 0.15) is 0 Å². The van der Waals surface area contributed by atoms with Gasteiger partial charge < -0.3 is 10.1 Å². The highest BCUT2D eigenvalue weighted by Crippen LogP contribution is 2.07. The van der Waals surface area contributed by atoms with Crippen LogP contribution in [-0.2, 0) is 14.6 Å². The molecule has 1 N–H and O–H groups in total.